The van der Waals surface area contributed by atoms with Gasteiger partial charge in [0.1, 0.15) is 17.3 Å². The van der Waals surface area contributed by atoms with E-state index in [4.69, 9.17) is 11.6 Å². The Balaban J connectivity index is 1.97. The van der Waals surface area contributed by atoms with Crippen molar-refractivity contribution in [1.29, 1.82) is 0 Å². The van der Waals surface area contributed by atoms with Gasteiger partial charge in [0.2, 0.25) is 0 Å². The molecule has 19 heavy (non-hydrogen) atoms. The smallest absolute Gasteiger partial charge is 0.148 e. The van der Waals surface area contributed by atoms with Gasteiger partial charge in [-0.15, -0.1) is 0 Å². The summed E-state index contributed by atoms with van der Waals surface area (Å²) in [5, 5.41) is 14.1. The fraction of sp³-hybridized carbons (Fsp3) is 0.692. The Hall–Kier alpha value is -0.390. The molecular formula is C13H19BrClN3O. The predicted octanol–water partition coefficient (Wildman–Crippen LogP) is 3.64. The third kappa shape index (κ3) is 3.80. The molecule has 1 aromatic heterocycles. The number of aliphatic hydroxyl groups is 1. The van der Waals surface area contributed by atoms with E-state index in [1.54, 1.807) is 0 Å². The van der Waals surface area contributed by atoms with Crippen LogP contribution in [0, 0.1) is 5.41 Å². The molecule has 0 bridgehead atoms. The second-order valence-corrected chi connectivity index (χ2v) is 7.22. The third-order valence-corrected chi connectivity index (χ3v) is 5.13. The molecule has 4 nitrogen and oxygen atoms in total. The van der Waals surface area contributed by atoms with Crippen molar-refractivity contribution in [3.05, 3.63) is 16.0 Å². The maximum absolute atomic E-state index is 10.6. The van der Waals surface area contributed by atoms with E-state index in [0.29, 0.717) is 27.4 Å². The van der Waals surface area contributed by atoms with Gasteiger partial charge in [-0.05, 0) is 47.0 Å². The summed E-state index contributed by atoms with van der Waals surface area (Å²) in [5.41, 5.74) is -0.322. The van der Waals surface area contributed by atoms with Gasteiger partial charge < -0.3 is 10.4 Å². The van der Waals surface area contributed by atoms with Crippen molar-refractivity contribution in [3.63, 3.8) is 0 Å². The highest BCUT2D eigenvalue weighted by molar-refractivity contribution is 9.10. The molecule has 1 fully saturated rings. The van der Waals surface area contributed by atoms with Crippen molar-refractivity contribution in [2.45, 2.75) is 45.1 Å². The molecule has 1 saturated carbocycles. The van der Waals surface area contributed by atoms with E-state index in [1.165, 1.54) is 6.33 Å². The molecule has 0 aliphatic heterocycles. The Labute approximate surface area is 127 Å². The highest BCUT2D eigenvalue weighted by Gasteiger charge is 2.36. The minimum Gasteiger partial charge on any atom is -0.388 e. The molecule has 1 aliphatic rings. The van der Waals surface area contributed by atoms with Crippen molar-refractivity contribution in [3.8, 4) is 0 Å². The van der Waals surface area contributed by atoms with E-state index in [9.17, 15) is 5.11 Å². The van der Waals surface area contributed by atoms with Crippen molar-refractivity contribution >= 4 is 33.3 Å². The lowest BCUT2D eigenvalue weighted by Gasteiger charge is -2.40. The van der Waals surface area contributed by atoms with E-state index in [-0.39, 0.29) is 0 Å². The number of nitrogens with zero attached hydrogens (tertiary/aromatic N) is 2. The van der Waals surface area contributed by atoms with Crippen LogP contribution >= 0.6 is 27.5 Å². The second kappa shape index (κ2) is 5.54. The van der Waals surface area contributed by atoms with Crippen LogP contribution in [0.4, 0.5) is 5.82 Å². The van der Waals surface area contributed by atoms with Crippen LogP contribution in [0.25, 0.3) is 0 Å². The molecule has 1 aromatic rings. The Kier molecular flexibility index (Phi) is 4.38. The normalized spacial score (nSPS) is 21.1. The molecule has 0 aromatic carbocycles. The first-order valence-electron chi connectivity index (χ1n) is 6.44. The molecule has 2 N–H and O–H groups in total. The van der Waals surface area contributed by atoms with E-state index < -0.39 is 5.60 Å². The molecule has 0 saturated heterocycles. The van der Waals surface area contributed by atoms with Crippen molar-refractivity contribution < 1.29 is 5.11 Å². The number of aromatic nitrogens is 2. The number of halogens is 2. The van der Waals surface area contributed by atoms with Crippen LogP contribution in [0.2, 0.25) is 5.15 Å². The molecule has 1 heterocycles. The molecule has 0 amide bonds. The van der Waals surface area contributed by atoms with Gasteiger partial charge in [-0.3, -0.25) is 0 Å². The Morgan fingerprint density at radius 3 is 2.58 bits per heavy atom. The van der Waals surface area contributed by atoms with Gasteiger partial charge in [-0.25, -0.2) is 9.97 Å². The summed E-state index contributed by atoms with van der Waals surface area (Å²) in [4.78, 5) is 7.99. The Morgan fingerprint density at radius 1 is 1.32 bits per heavy atom. The van der Waals surface area contributed by atoms with Gasteiger partial charge in [0.05, 0.1) is 10.1 Å². The van der Waals surface area contributed by atoms with Crippen LogP contribution in [0.15, 0.2) is 10.8 Å². The average Bonchev–Trinajstić information content (AvgIpc) is 2.36. The summed E-state index contributed by atoms with van der Waals surface area (Å²) in [5.74, 6) is 0.623. The van der Waals surface area contributed by atoms with E-state index in [1.807, 2.05) is 0 Å². The summed E-state index contributed by atoms with van der Waals surface area (Å²) in [6.45, 7) is 4.98. The fourth-order valence-electron chi connectivity index (χ4n) is 2.29. The first-order valence-corrected chi connectivity index (χ1v) is 7.61. The van der Waals surface area contributed by atoms with Crippen LogP contribution in [0.3, 0.4) is 0 Å². The van der Waals surface area contributed by atoms with Gasteiger partial charge >= 0.3 is 0 Å². The predicted molar refractivity (Wildman–Crippen MR) is 80.4 cm³/mol. The van der Waals surface area contributed by atoms with Crippen molar-refractivity contribution in [2.24, 2.45) is 5.41 Å². The van der Waals surface area contributed by atoms with Crippen LogP contribution < -0.4 is 5.32 Å². The first-order chi connectivity index (χ1) is 8.81. The number of nitrogens with one attached hydrogen (secondary N) is 1. The SMILES string of the molecule is CC1(C)CCC(O)(CNc2ncnc(Cl)c2Br)CC1. The maximum Gasteiger partial charge on any atom is 0.148 e. The maximum atomic E-state index is 10.6. The quantitative estimate of drug-likeness (QED) is 0.819. The highest BCUT2D eigenvalue weighted by Crippen LogP contribution is 2.40. The summed E-state index contributed by atoms with van der Waals surface area (Å²) in [6, 6.07) is 0. The summed E-state index contributed by atoms with van der Waals surface area (Å²) in [6.07, 6.45) is 5.10. The summed E-state index contributed by atoms with van der Waals surface area (Å²) >= 11 is 9.25. The van der Waals surface area contributed by atoms with Gasteiger partial charge in [-0.1, -0.05) is 25.4 Å². The molecule has 2 rings (SSSR count). The van der Waals surface area contributed by atoms with Gasteiger partial charge in [-0.2, -0.15) is 0 Å². The fourth-order valence-corrected chi connectivity index (χ4v) is 2.77. The first kappa shape index (κ1) is 15.0. The molecular weight excluding hydrogens is 330 g/mol. The van der Waals surface area contributed by atoms with Crippen LogP contribution in [-0.2, 0) is 0 Å². The molecule has 0 spiro atoms. The zero-order valence-electron chi connectivity index (χ0n) is 11.2. The summed E-state index contributed by atoms with van der Waals surface area (Å²) in [7, 11) is 0. The Morgan fingerprint density at radius 2 is 1.95 bits per heavy atom. The van der Waals surface area contributed by atoms with Gasteiger partial charge in [0, 0.05) is 6.54 Å². The van der Waals surface area contributed by atoms with E-state index in [2.05, 4.69) is 45.1 Å². The third-order valence-electron chi connectivity index (χ3n) is 3.87. The minimum absolute atomic E-state index is 0.338. The Bertz CT molecular complexity index is 457. The largest absolute Gasteiger partial charge is 0.388 e. The molecule has 0 atom stereocenters. The van der Waals surface area contributed by atoms with E-state index >= 15 is 0 Å². The zero-order chi connectivity index (χ0) is 14.1. The van der Waals surface area contributed by atoms with Crippen LogP contribution in [-0.4, -0.2) is 27.2 Å². The minimum atomic E-state index is -0.660. The number of hydrogen-bond donors (Lipinski definition) is 2. The number of hydrogen-bond acceptors (Lipinski definition) is 4. The lowest BCUT2D eigenvalue weighted by Crippen LogP contribution is -2.42. The lowest BCUT2D eigenvalue weighted by atomic mass is 9.71. The molecule has 0 unspecified atom stereocenters. The van der Waals surface area contributed by atoms with Crippen LogP contribution in [0.5, 0.6) is 0 Å². The van der Waals surface area contributed by atoms with Crippen molar-refractivity contribution in [2.75, 3.05) is 11.9 Å². The molecule has 106 valence electrons. The monoisotopic (exact) mass is 347 g/mol. The standard InChI is InChI=1S/C13H19BrClN3O/c1-12(2)3-5-13(19,6-4-12)7-16-11-9(14)10(15)17-8-18-11/h8,19H,3-7H2,1-2H3,(H,16,17,18). The number of anilines is 1. The molecule has 1 aliphatic carbocycles. The second-order valence-electron chi connectivity index (χ2n) is 6.07. The molecule has 6 heteroatoms. The topological polar surface area (TPSA) is 58.0 Å². The highest BCUT2D eigenvalue weighted by atomic mass is 79.9. The van der Waals surface area contributed by atoms with Gasteiger partial charge in [0.15, 0.2) is 0 Å². The number of rotatable bonds is 3. The summed E-state index contributed by atoms with van der Waals surface area (Å²) < 4.78 is 0.636. The lowest BCUT2D eigenvalue weighted by molar-refractivity contribution is -0.0146. The molecule has 0 radical (unpaired) electrons. The van der Waals surface area contributed by atoms with E-state index in [0.717, 1.165) is 25.7 Å². The van der Waals surface area contributed by atoms with Gasteiger partial charge in [0.25, 0.3) is 0 Å². The average molecular weight is 349 g/mol. The zero-order valence-corrected chi connectivity index (χ0v) is 13.6. The van der Waals surface area contributed by atoms with Crippen molar-refractivity contribution in [1.82, 2.24) is 9.97 Å². The van der Waals surface area contributed by atoms with Crippen LogP contribution in [0.1, 0.15) is 39.5 Å².